The van der Waals surface area contributed by atoms with E-state index in [0.29, 0.717) is 16.9 Å². The Morgan fingerprint density at radius 3 is 2.29 bits per heavy atom. The van der Waals surface area contributed by atoms with E-state index in [1.807, 2.05) is 32.3 Å². The molecule has 4 rings (SSSR count). The van der Waals surface area contributed by atoms with Crippen LogP contribution in [0, 0.1) is 27.7 Å². The first-order valence-corrected chi connectivity index (χ1v) is 10.0. The number of benzene rings is 1. The predicted molar refractivity (Wildman–Crippen MR) is 117 cm³/mol. The van der Waals surface area contributed by atoms with Gasteiger partial charge in [0.05, 0.1) is 13.5 Å². The topological polar surface area (TPSA) is 92.5 Å². The van der Waals surface area contributed by atoms with Crippen LogP contribution in [0.2, 0.25) is 0 Å². The number of hydrogen-bond acceptors (Lipinski definition) is 5. The Balaban J connectivity index is 2.07. The van der Waals surface area contributed by atoms with E-state index in [2.05, 4.69) is 22.9 Å². The van der Waals surface area contributed by atoms with Gasteiger partial charge in [-0.1, -0.05) is 6.07 Å². The maximum Gasteiger partial charge on any atom is 0.332 e. The molecule has 0 aliphatic carbocycles. The Morgan fingerprint density at radius 1 is 1.03 bits per heavy atom. The zero-order valence-corrected chi connectivity index (χ0v) is 18.5. The summed E-state index contributed by atoms with van der Waals surface area (Å²) in [5, 5.41) is 0. The number of methoxy groups -OCH3 is 1. The van der Waals surface area contributed by atoms with Crippen molar-refractivity contribution in [2.75, 3.05) is 7.11 Å². The number of hydrogen-bond donors (Lipinski definition) is 0. The van der Waals surface area contributed by atoms with Crippen molar-refractivity contribution in [3.63, 3.8) is 0 Å². The number of nitrogens with zero attached hydrogens (tertiary/aromatic N) is 5. The van der Waals surface area contributed by atoms with Gasteiger partial charge in [0.2, 0.25) is 5.78 Å². The van der Waals surface area contributed by atoms with Gasteiger partial charge in [-0.05, 0) is 51.0 Å². The van der Waals surface area contributed by atoms with E-state index in [4.69, 9.17) is 4.98 Å². The molecule has 0 atom stereocenters. The highest BCUT2D eigenvalue weighted by Crippen LogP contribution is 2.25. The summed E-state index contributed by atoms with van der Waals surface area (Å²) in [7, 11) is 2.85. The van der Waals surface area contributed by atoms with Gasteiger partial charge in [-0.25, -0.2) is 4.79 Å². The molecule has 31 heavy (non-hydrogen) atoms. The zero-order chi connectivity index (χ0) is 22.6. The van der Waals surface area contributed by atoms with Gasteiger partial charge in [-0.15, -0.1) is 0 Å². The van der Waals surface area contributed by atoms with Crippen LogP contribution in [0.4, 0.5) is 0 Å². The van der Waals surface area contributed by atoms with Crippen LogP contribution in [0.1, 0.15) is 28.9 Å². The van der Waals surface area contributed by atoms with Crippen molar-refractivity contribution < 1.29 is 9.53 Å². The van der Waals surface area contributed by atoms with Crippen LogP contribution < -0.4 is 11.2 Å². The van der Waals surface area contributed by atoms with Crippen LogP contribution in [0.15, 0.2) is 27.8 Å². The minimum atomic E-state index is -0.519. The molecule has 0 spiro atoms. The SMILES string of the molecule is COC(=O)CCn1c(=O)c2c(nc3n(-c4cc(C)cc(C)c4)c(C)c(C)n23)n(C)c1=O. The van der Waals surface area contributed by atoms with Gasteiger partial charge in [0.25, 0.3) is 5.56 Å². The number of imidazole rings is 2. The Bertz CT molecular complexity index is 1460. The molecular formula is C22H25N5O4. The monoisotopic (exact) mass is 423 g/mol. The second-order valence-corrected chi connectivity index (χ2v) is 7.90. The Kier molecular flexibility index (Phi) is 4.83. The number of carbonyl (C=O) groups is 1. The highest BCUT2D eigenvalue weighted by Gasteiger charge is 2.23. The maximum absolute atomic E-state index is 13.3. The largest absolute Gasteiger partial charge is 0.469 e. The highest BCUT2D eigenvalue weighted by atomic mass is 16.5. The molecule has 3 aromatic heterocycles. The summed E-state index contributed by atoms with van der Waals surface area (Å²) in [4.78, 5) is 42.4. The third-order valence-corrected chi connectivity index (χ3v) is 5.75. The summed E-state index contributed by atoms with van der Waals surface area (Å²) in [6, 6.07) is 6.22. The molecule has 1 aromatic carbocycles. The minimum Gasteiger partial charge on any atom is -0.469 e. The van der Waals surface area contributed by atoms with Crippen LogP contribution in [0.25, 0.3) is 22.6 Å². The van der Waals surface area contributed by atoms with E-state index in [1.54, 1.807) is 11.4 Å². The lowest BCUT2D eigenvalue weighted by Gasteiger charge is -2.09. The summed E-state index contributed by atoms with van der Waals surface area (Å²) < 4.78 is 10.9. The molecule has 0 amide bonds. The first-order chi connectivity index (χ1) is 14.6. The van der Waals surface area contributed by atoms with Crippen molar-refractivity contribution in [3.05, 3.63) is 61.6 Å². The number of aryl methyl sites for hydroxylation is 4. The fourth-order valence-corrected chi connectivity index (χ4v) is 4.14. The summed E-state index contributed by atoms with van der Waals surface area (Å²) in [6.07, 6.45) is -0.0688. The van der Waals surface area contributed by atoms with Gasteiger partial charge < -0.3 is 4.74 Å². The van der Waals surface area contributed by atoms with E-state index in [1.165, 1.54) is 11.7 Å². The standard InChI is InChI=1S/C22H25N5O4/c1-12-9-13(2)11-16(10-12)26-14(3)15(4)27-18-19(23-21(26)27)24(5)22(30)25(20(18)29)8-7-17(28)31-6/h9-11H,7-8H2,1-6H3. The molecule has 0 saturated heterocycles. The summed E-state index contributed by atoms with van der Waals surface area (Å²) in [6.45, 7) is 7.91. The lowest BCUT2D eigenvalue weighted by Crippen LogP contribution is -2.40. The van der Waals surface area contributed by atoms with Crippen LogP contribution >= 0.6 is 0 Å². The quantitative estimate of drug-likeness (QED) is 0.468. The predicted octanol–water partition coefficient (Wildman–Crippen LogP) is 1.94. The van der Waals surface area contributed by atoms with Gasteiger partial charge in [0, 0.05) is 30.7 Å². The number of fused-ring (bicyclic) bond motifs is 3. The smallest absolute Gasteiger partial charge is 0.332 e. The number of aromatic nitrogens is 5. The van der Waals surface area contributed by atoms with Gasteiger partial charge >= 0.3 is 11.7 Å². The zero-order valence-electron chi connectivity index (χ0n) is 18.5. The van der Waals surface area contributed by atoms with Gasteiger partial charge in [-0.3, -0.25) is 27.7 Å². The van der Waals surface area contributed by atoms with Crippen LogP contribution in [-0.2, 0) is 23.1 Å². The maximum atomic E-state index is 13.3. The summed E-state index contributed by atoms with van der Waals surface area (Å²) in [5.41, 5.74) is 4.60. The first-order valence-electron chi connectivity index (χ1n) is 10.0. The molecular weight excluding hydrogens is 398 g/mol. The molecule has 0 fully saturated rings. The van der Waals surface area contributed by atoms with Crippen molar-refractivity contribution in [2.24, 2.45) is 7.05 Å². The Hall–Kier alpha value is -3.62. The molecule has 9 heteroatoms. The van der Waals surface area contributed by atoms with E-state index < -0.39 is 17.2 Å². The molecule has 9 nitrogen and oxygen atoms in total. The molecule has 0 aliphatic heterocycles. The van der Waals surface area contributed by atoms with E-state index >= 15 is 0 Å². The van der Waals surface area contributed by atoms with Crippen molar-refractivity contribution in [1.29, 1.82) is 0 Å². The first kappa shape index (κ1) is 20.6. The third-order valence-electron chi connectivity index (χ3n) is 5.75. The van der Waals surface area contributed by atoms with Gasteiger partial charge in [0.1, 0.15) is 0 Å². The van der Waals surface area contributed by atoms with Crippen molar-refractivity contribution >= 4 is 22.9 Å². The number of rotatable bonds is 4. The lowest BCUT2D eigenvalue weighted by molar-refractivity contribution is -0.140. The Labute approximate surface area is 178 Å². The highest BCUT2D eigenvalue weighted by molar-refractivity contribution is 5.77. The molecule has 0 radical (unpaired) electrons. The fraction of sp³-hybridized carbons (Fsp3) is 0.364. The minimum absolute atomic E-state index is 0.0584. The van der Waals surface area contributed by atoms with Gasteiger partial charge in [-0.2, -0.15) is 4.98 Å². The lowest BCUT2D eigenvalue weighted by atomic mass is 10.1. The summed E-state index contributed by atoms with van der Waals surface area (Å²) >= 11 is 0. The van der Waals surface area contributed by atoms with Crippen molar-refractivity contribution in [2.45, 2.75) is 40.7 Å². The second-order valence-electron chi connectivity index (χ2n) is 7.90. The average molecular weight is 423 g/mol. The normalized spacial score (nSPS) is 11.5. The van der Waals surface area contributed by atoms with E-state index in [9.17, 15) is 14.4 Å². The molecule has 0 bridgehead atoms. The van der Waals surface area contributed by atoms with Crippen molar-refractivity contribution in [1.82, 2.24) is 23.1 Å². The van der Waals surface area contributed by atoms with Crippen molar-refractivity contribution in [3.8, 4) is 5.69 Å². The molecule has 0 N–H and O–H groups in total. The number of ether oxygens (including phenoxy) is 1. The molecule has 0 aliphatic rings. The van der Waals surface area contributed by atoms with E-state index in [0.717, 1.165) is 32.8 Å². The number of carbonyl (C=O) groups excluding carboxylic acids is 1. The molecule has 0 unspecified atom stereocenters. The molecule has 3 heterocycles. The van der Waals surface area contributed by atoms with Gasteiger partial charge in [0.15, 0.2) is 11.2 Å². The van der Waals surface area contributed by atoms with E-state index in [-0.39, 0.29) is 13.0 Å². The second kappa shape index (κ2) is 7.26. The number of esters is 1. The third kappa shape index (κ3) is 3.08. The molecule has 0 saturated carbocycles. The van der Waals surface area contributed by atoms with Crippen LogP contribution in [0.5, 0.6) is 0 Å². The van der Waals surface area contributed by atoms with Crippen LogP contribution in [0.3, 0.4) is 0 Å². The molecule has 162 valence electrons. The summed E-state index contributed by atoms with van der Waals surface area (Å²) in [5.74, 6) is 0.0771. The Morgan fingerprint density at radius 2 is 1.68 bits per heavy atom. The van der Waals surface area contributed by atoms with Crippen LogP contribution in [-0.4, -0.2) is 36.2 Å². The molecule has 4 aromatic rings. The average Bonchev–Trinajstić information content (AvgIpc) is 3.21. The fourth-order valence-electron chi connectivity index (χ4n) is 4.14.